The summed E-state index contributed by atoms with van der Waals surface area (Å²) in [6.45, 7) is 7.07. The third-order valence-corrected chi connectivity index (χ3v) is 10.2. The molecule has 2 fully saturated rings. The molecule has 4 rings (SSSR count). The Kier molecular flexibility index (Phi) is 19.0. The highest BCUT2D eigenvalue weighted by Gasteiger charge is 2.20. The zero-order chi connectivity index (χ0) is 41.9. The van der Waals surface area contributed by atoms with Crippen molar-refractivity contribution in [1.29, 1.82) is 0 Å². The number of carbonyl (C=O) groups excluding carboxylic acids is 2. The molecule has 2 aromatic carbocycles. The third kappa shape index (κ3) is 16.5. The molecule has 2 aromatic rings. The molecule has 2 aliphatic carbocycles. The van der Waals surface area contributed by atoms with Crippen LogP contribution in [0.15, 0.2) is 70.7 Å². The van der Waals surface area contributed by atoms with E-state index in [2.05, 4.69) is 13.8 Å². The van der Waals surface area contributed by atoms with Crippen molar-refractivity contribution < 1.29 is 38.0 Å². The van der Waals surface area contributed by atoms with Gasteiger partial charge in [0.15, 0.2) is 23.0 Å². The summed E-state index contributed by atoms with van der Waals surface area (Å²) in [6, 6.07) is 11.3. The van der Waals surface area contributed by atoms with Crippen LogP contribution in [0.3, 0.4) is 0 Å². The van der Waals surface area contributed by atoms with Crippen LogP contribution >= 0.6 is 0 Å². The van der Waals surface area contributed by atoms with Crippen molar-refractivity contribution >= 4 is 35.9 Å². The van der Waals surface area contributed by atoms with Gasteiger partial charge in [0, 0.05) is 37.4 Å². The van der Waals surface area contributed by atoms with Crippen LogP contribution in [0.1, 0.15) is 76.3 Å². The molecule has 58 heavy (non-hydrogen) atoms. The Morgan fingerprint density at radius 1 is 0.586 bits per heavy atom. The van der Waals surface area contributed by atoms with Gasteiger partial charge in [-0.15, -0.1) is 0 Å². The molecule has 0 spiro atoms. The third-order valence-electron chi connectivity index (χ3n) is 10.2. The van der Waals surface area contributed by atoms with Crippen molar-refractivity contribution in [3.63, 3.8) is 0 Å². The fourth-order valence-corrected chi connectivity index (χ4v) is 6.55. The Morgan fingerprint density at radius 2 is 0.966 bits per heavy atom. The van der Waals surface area contributed by atoms with Crippen molar-refractivity contribution in [3.05, 3.63) is 71.8 Å². The van der Waals surface area contributed by atoms with E-state index in [1.807, 2.05) is 86.5 Å². The Hall–Kier alpha value is -4.94. The maximum absolute atomic E-state index is 13.1. The van der Waals surface area contributed by atoms with E-state index in [-0.39, 0.29) is 23.9 Å². The summed E-state index contributed by atoms with van der Waals surface area (Å²) >= 11 is 0. The summed E-state index contributed by atoms with van der Waals surface area (Å²) in [5, 5.41) is 0. The van der Waals surface area contributed by atoms with Crippen molar-refractivity contribution in [2.24, 2.45) is 21.8 Å². The largest absolute Gasteiger partial charge is 0.493 e. The summed E-state index contributed by atoms with van der Waals surface area (Å²) in [4.78, 5) is 40.0. The topological polar surface area (TPSA) is 121 Å². The number of likely N-dealkylation sites (N-methyl/N-ethyl adjacent to an activating group) is 2. The van der Waals surface area contributed by atoms with Crippen LogP contribution in [-0.4, -0.2) is 114 Å². The number of rotatable bonds is 18. The normalized spacial score (nSPS) is 20.6. The van der Waals surface area contributed by atoms with Crippen molar-refractivity contribution in [1.82, 2.24) is 9.80 Å². The van der Waals surface area contributed by atoms with E-state index in [4.69, 9.17) is 38.4 Å². The highest BCUT2D eigenvalue weighted by Crippen LogP contribution is 2.31. The van der Waals surface area contributed by atoms with E-state index in [0.717, 1.165) is 87.7 Å². The van der Waals surface area contributed by atoms with E-state index >= 15 is 0 Å². The molecule has 0 saturated heterocycles. The number of hydrogen-bond donors (Lipinski definition) is 0. The van der Waals surface area contributed by atoms with E-state index in [0.29, 0.717) is 48.0 Å². The average molecular weight is 801 g/mol. The average Bonchev–Trinajstić information content (AvgIpc) is 3.20. The van der Waals surface area contributed by atoms with Gasteiger partial charge in [0.05, 0.1) is 26.3 Å². The number of aliphatic imine (C=N–C) groups is 2. The lowest BCUT2D eigenvalue weighted by Gasteiger charge is -2.23. The Labute approximate surface area is 345 Å². The second kappa shape index (κ2) is 24.1. The molecule has 0 N–H and O–H groups in total. The summed E-state index contributed by atoms with van der Waals surface area (Å²) < 4.78 is 34.4. The van der Waals surface area contributed by atoms with Gasteiger partial charge in [-0.2, -0.15) is 0 Å². The molecule has 316 valence electrons. The van der Waals surface area contributed by atoms with E-state index in [1.54, 1.807) is 26.4 Å². The van der Waals surface area contributed by atoms with E-state index < -0.39 is 11.9 Å². The summed E-state index contributed by atoms with van der Waals surface area (Å²) in [5.74, 6) is 2.57. The number of methoxy groups -OCH3 is 2. The predicted octanol–water partition coefficient (Wildman–Crippen LogP) is 7.91. The summed E-state index contributed by atoms with van der Waals surface area (Å²) in [5.41, 5.74) is 1.62. The minimum absolute atomic E-state index is 0.0275. The van der Waals surface area contributed by atoms with Gasteiger partial charge in [0.2, 0.25) is 11.8 Å². The molecular weight excluding hydrogens is 737 g/mol. The highest BCUT2D eigenvalue weighted by molar-refractivity contribution is 6.05. The van der Waals surface area contributed by atoms with Gasteiger partial charge in [-0.3, -0.25) is 0 Å². The molecule has 0 amide bonds. The quantitative estimate of drug-likeness (QED) is 0.0637. The Balaban J connectivity index is 1.47. The lowest BCUT2D eigenvalue weighted by atomic mass is 9.88. The van der Waals surface area contributed by atoms with Gasteiger partial charge in [0.1, 0.15) is 13.2 Å². The Morgan fingerprint density at radius 3 is 1.31 bits per heavy atom. The molecule has 0 aromatic heterocycles. The number of benzene rings is 2. The van der Waals surface area contributed by atoms with Crippen LogP contribution in [0.4, 0.5) is 0 Å². The first kappa shape index (κ1) is 45.8. The first-order chi connectivity index (χ1) is 27.9. The van der Waals surface area contributed by atoms with Crippen LogP contribution in [0, 0.1) is 11.8 Å². The number of hydrogen-bond acceptors (Lipinski definition) is 12. The van der Waals surface area contributed by atoms with Crippen LogP contribution in [0.5, 0.6) is 23.0 Å². The maximum Gasteiger partial charge on any atom is 0.337 e. The lowest BCUT2D eigenvalue weighted by Crippen LogP contribution is -2.19. The van der Waals surface area contributed by atoms with Gasteiger partial charge in [0.25, 0.3) is 0 Å². The van der Waals surface area contributed by atoms with E-state index in [9.17, 15) is 9.59 Å². The molecule has 2 saturated carbocycles. The molecule has 0 unspecified atom stereocenters. The molecule has 0 atom stereocenters. The number of esters is 2. The first-order valence-electron chi connectivity index (χ1n) is 20.4. The summed E-state index contributed by atoms with van der Waals surface area (Å²) in [6.07, 6.45) is 16.9. The standard InChI is InChI=1S/C46H64N4O8/c1-33-9-17-37(18-10-33)47-43(23-15-35-13-21-39(41(31-35)53-7)55-29-27-49(3)4)57-45(51)25-26-46(52)58-44(48-38-19-11-34(2)12-20-38)24-16-36-14-22-40(42(32-36)54-8)56-30-28-50(5)6/h13-16,21-26,31-34,37-38H,9-12,17-20,27-30H2,1-8H3/b23-15+,24-16+,26-25-,47-43?,48-44?. The van der Waals surface area contributed by atoms with Crippen LogP contribution in [-0.2, 0) is 19.1 Å². The highest BCUT2D eigenvalue weighted by atomic mass is 16.5. The zero-order valence-corrected chi connectivity index (χ0v) is 35.8. The smallest absolute Gasteiger partial charge is 0.337 e. The molecule has 0 heterocycles. The van der Waals surface area contributed by atoms with Gasteiger partial charge < -0.3 is 38.2 Å². The van der Waals surface area contributed by atoms with Gasteiger partial charge >= 0.3 is 11.9 Å². The second-order valence-electron chi connectivity index (χ2n) is 15.7. The monoisotopic (exact) mass is 800 g/mol. The maximum atomic E-state index is 13.1. The Bertz CT molecular complexity index is 1640. The van der Waals surface area contributed by atoms with Crippen molar-refractivity contribution in [2.75, 3.05) is 68.7 Å². The SMILES string of the molecule is COc1cc(/C=C/C(=NC2CCC(C)CC2)OC(=O)/C=C\C(=O)OC(/C=C/c2ccc(OCCN(C)C)c(OC)c2)=NC2CCC(C)CC2)ccc1OCCN(C)C. The number of ether oxygens (including phenoxy) is 6. The minimum Gasteiger partial charge on any atom is -0.493 e. The molecule has 12 nitrogen and oxygen atoms in total. The van der Waals surface area contributed by atoms with Crippen LogP contribution in [0.25, 0.3) is 12.2 Å². The van der Waals surface area contributed by atoms with Crippen LogP contribution < -0.4 is 18.9 Å². The molecule has 2 aliphatic rings. The second-order valence-corrected chi connectivity index (χ2v) is 15.7. The molecule has 0 bridgehead atoms. The fraction of sp³-hybridized carbons (Fsp3) is 0.522. The molecule has 0 radical (unpaired) electrons. The molecule has 0 aliphatic heterocycles. The number of nitrogens with zero attached hydrogens (tertiary/aromatic N) is 4. The molecule has 12 heteroatoms. The van der Waals surface area contributed by atoms with E-state index in [1.165, 1.54) is 0 Å². The van der Waals surface area contributed by atoms with Crippen LogP contribution in [0.2, 0.25) is 0 Å². The predicted molar refractivity (Wildman–Crippen MR) is 231 cm³/mol. The number of carbonyl (C=O) groups is 2. The van der Waals surface area contributed by atoms with Gasteiger partial charge in [-0.05, 0) is 139 Å². The fourth-order valence-electron chi connectivity index (χ4n) is 6.55. The first-order valence-corrected chi connectivity index (χ1v) is 20.4. The summed E-state index contributed by atoms with van der Waals surface area (Å²) in [7, 11) is 11.2. The van der Waals surface area contributed by atoms with Gasteiger partial charge in [-0.25, -0.2) is 19.6 Å². The molecular formula is C46H64N4O8. The van der Waals surface area contributed by atoms with Crippen molar-refractivity contribution in [2.45, 2.75) is 77.3 Å². The lowest BCUT2D eigenvalue weighted by molar-refractivity contribution is -0.132. The minimum atomic E-state index is -0.748. The van der Waals surface area contributed by atoms with Crippen molar-refractivity contribution in [3.8, 4) is 23.0 Å². The van der Waals surface area contributed by atoms with Gasteiger partial charge in [-0.1, -0.05) is 26.0 Å². The zero-order valence-electron chi connectivity index (χ0n) is 35.8.